The van der Waals surface area contributed by atoms with Gasteiger partial charge in [0.2, 0.25) is 0 Å². The number of para-hydroxylation sites is 2. The lowest BCUT2D eigenvalue weighted by Crippen LogP contribution is -2.32. The Labute approximate surface area is 163 Å². The number of ether oxygens (including phenoxy) is 2. The molecule has 0 saturated heterocycles. The second-order valence-corrected chi connectivity index (χ2v) is 6.23. The van der Waals surface area contributed by atoms with Gasteiger partial charge in [-0.2, -0.15) is 0 Å². The van der Waals surface area contributed by atoms with Crippen molar-refractivity contribution < 1.29 is 19.1 Å². The number of carbonyl (C=O) groups excluding carboxylic acids is 2. The van der Waals surface area contributed by atoms with Crippen molar-refractivity contribution in [2.75, 3.05) is 25.6 Å². The number of nitrogens with one attached hydrogen (secondary N) is 2. The maximum atomic E-state index is 12.5. The molecule has 7 heteroatoms. The summed E-state index contributed by atoms with van der Waals surface area (Å²) in [6.07, 6.45) is -0.0813. The third kappa shape index (κ3) is 6.27. The Morgan fingerprint density at radius 3 is 2.56 bits per heavy atom. The Balaban J connectivity index is 2.00. The van der Waals surface area contributed by atoms with Crippen LogP contribution in [0.15, 0.2) is 48.5 Å². The molecule has 0 radical (unpaired) electrons. The van der Waals surface area contributed by atoms with Gasteiger partial charge in [-0.05, 0) is 37.6 Å². The molecule has 0 bridgehead atoms. The molecule has 0 saturated carbocycles. The Kier molecular flexibility index (Phi) is 8.10. The second kappa shape index (κ2) is 10.5. The molecule has 1 unspecified atom stereocenters. The van der Waals surface area contributed by atoms with E-state index in [1.807, 2.05) is 0 Å². The molecule has 2 rings (SSSR count). The van der Waals surface area contributed by atoms with E-state index in [2.05, 4.69) is 10.6 Å². The fourth-order valence-corrected chi connectivity index (χ4v) is 2.50. The summed E-state index contributed by atoms with van der Waals surface area (Å²) in [6.45, 7) is 2.67. The van der Waals surface area contributed by atoms with Gasteiger partial charge in [0.05, 0.1) is 16.3 Å². The molecule has 2 aromatic rings. The first-order valence-corrected chi connectivity index (χ1v) is 8.99. The molecule has 2 amide bonds. The zero-order chi connectivity index (χ0) is 19.6. The van der Waals surface area contributed by atoms with Crippen LogP contribution in [0.25, 0.3) is 0 Å². The lowest BCUT2D eigenvalue weighted by molar-refractivity contribution is -0.122. The number of benzene rings is 2. The lowest BCUT2D eigenvalue weighted by atomic mass is 10.1. The molecule has 0 heterocycles. The summed E-state index contributed by atoms with van der Waals surface area (Å²) in [5, 5.41) is 5.97. The highest BCUT2D eigenvalue weighted by molar-refractivity contribution is 6.32. The first-order chi connectivity index (χ1) is 13.0. The van der Waals surface area contributed by atoms with Crippen LogP contribution in [0.2, 0.25) is 5.02 Å². The van der Waals surface area contributed by atoms with Crippen molar-refractivity contribution in [1.82, 2.24) is 5.32 Å². The highest BCUT2D eigenvalue weighted by Gasteiger charge is 2.19. The van der Waals surface area contributed by atoms with Crippen LogP contribution in [-0.4, -0.2) is 38.2 Å². The maximum absolute atomic E-state index is 12.5. The zero-order valence-electron chi connectivity index (χ0n) is 15.3. The van der Waals surface area contributed by atoms with E-state index in [-0.39, 0.29) is 11.8 Å². The molecular weight excluding hydrogens is 368 g/mol. The Morgan fingerprint density at radius 1 is 1.11 bits per heavy atom. The molecule has 2 N–H and O–H groups in total. The number of halogens is 1. The van der Waals surface area contributed by atoms with Crippen molar-refractivity contribution in [1.29, 1.82) is 0 Å². The van der Waals surface area contributed by atoms with Crippen molar-refractivity contribution >= 4 is 29.1 Å². The molecular formula is C20H23ClN2O4. The summed E-state index contributed by atoms with van der Waals surface area (Å²) < 4.78 is 10.6. The summed E-state index contributed by atoms with van der Waals surface area (Å²) in [6, 6.07) is 13.7. The standard InChI is InChI=1S/C20H23ClN2O4/c1-14(27-18-11-6-4-9-16(18)21)19(24)23-17-10-5-3-8-15(17)20(25)22-12-7-13-26-2/h3-6,8-11,14H,7,12-13H2,1-2H3,(H,22,25)(H,23,24). The van der Waals surface area contributed by atoms with E-state index in [1.165, 1.54) is 0 Å². The summed E-state index contributed by atoms with van der Waals surface area (Å²) in [5.41, 5.74) is 0.801. The van der Waals surface area contributed by atoms with Crippen LogP contribution in [-0.2, 0) is 9.53 Å². The molecule has 2 aromatic carbocycles. The zero-order valence-corrected chi connectivity index (χ0v) is 16.1. The monoisotopic (exact) mass is 390 g/mol. The van der Waals surface area contributed by atoms with Gasteiger partial charge in [-0.15, -0.1) is 0 Å². The third-order valence-corrected chi connectivity index (χ3v) is 4.06. The Hall–Kier alpha value is -2.57. The molecule has 1 atom stereocenters. The van der Waals surface area contributed by atoms with Gasteiger partial charge in [-0.3, -0.25) is 9.59 Å². The van der Waals surface area contributed by atoms with E-state index in [4.69, 9.17) is 21.1 Å². The third-order valence-electron chi connectivity index (χ3n) is 3.75. The van der Waals surface area contributed by atoms with Gasteiger partial charge in [0, 0.05) is 20.3 Å². The van der Waals surface area contributed by atoms with E-state index in [9.17, 15) is 9.59 Å². The van der Waals surface area contributed by atoms with E-state index < -0.39 is 6.10 Å². The van der Waals surface area contributed by atoms with Crippen LogP contribution in [0.3, 0.4) is 0 Å². The first-order valence-electron chi connectivity index (χ1n) is 8.61. The smallest absolute Gasteiger partial charge is 0.265 e. The SMILES string of the molecule is COCCCNC(=O)c1ccccc1NC(=O)C(C)Oc1ccccc1Cl. The Bertz CT molecular complexity index is 782. The maximum Gasteiger partial charge on any atom is 0.265 e. The van der Waals surface area contributed by atoms with E-state index in [0.717, 1.165) is 0 Å². The molecule has 0 aromatic heterocycles. The van der Waals surface area contributed by atoms with Crippen molar-refractivity contribution in [2.45, 2.75) is 19.4 Å². The summed E-state index contributed by atoms with van der Waals surface area (Å²) in [7, 11) is 1.61. The lowest BCUT2D eigenvalue weighted by Gasteiger charge is -2.17. The molecule has 0 fully saturated rings. The minimum Gasteiger partial charge on any atom is -0.479 e. The summed E-state index contributed by atoms with van der Waals surface area (Å²) >= 11 is 6.05. The molecule has 0 aliphatic carbocycles. The van der Waals surface area contributed by atoms with Crippen LogP contribution in [0.4, 0.5) is 5.69 Å². The van der Waals surface area contributed by atoms with Gasteiger partial charge >= 0.3 is 0 Å². The molecule has 0 spiro atoms. The molecule has 6 nitrogen and oxygen atoms in total. The van der Waals surface area contributed by atoms with Crippen LogP contribution < -0.4 is 15.4 Å². The van der Waals surface area contributed by atoms with Gasteiger partial charge in [0.25, 0.3) is 11.8 Å². The van der Waals surface area contributed by atoms with Crippen LogP contribution in [0.1, 0.15) is 23.7 Å². The fraction of sp³-hybridized carbons (Fsp3) is 0.300. The first kappa shape index (κ1) is 20.7. The highest BCUT2D eigenvalue weighted by atomic mass is 35.5. The van der Waals surface area contributed by atoms with E-state index >= 15 is 0 Å². The largest absolute Gasteiger partial charge is 0.479 e. The number of methoxy groups -OCH3 is 1. The molecule has 0 aliphatic heterocycles. The van der Waals surface area contributed by atoms with Crippen LogP contribution in [0, 0.1) is 0 Å². The number of hydrogen-bond donors (Lipinski definition) is 2. The van der Waals surface area contributed by atoms with Crippen LogP contribution in [0.5, 0.6) is 5.75 Å². The number of hydrogen-bond acceptors (Lipinski definition) is 4. The summed E-state index contributed by atoms with van der Waals surface area (Å²) in [5.74, 6) is -0.220. The number of carbonyl (C=O) groups is 2. The van der Waals surface area contributed by atoms with Gasteiger partial charge < -0.3 is 20.1 Å². The van der Waals surface area contributed by atoms with Gasteiger partial charge in [-0.1, -0.05) is 35.9 Å². The van der Waals surface area contributed by atoms with E-state index in [1.54, 1.807) is 62.6 Å². The van der Waals surface area contributed by atoms with Crippen LogP contribution >= 0.6 is 11.6 Å². The Morgan fingerprint density at radius 2 is 1.81 bits per heavy atom. The predicted octanol–water partition coefficient (Wildman–Crippen LogP) is 3.51. The van der Waals surface area contributed by atoms with Gasteiger partial charge in [0.15, 0.2) is 6.10 Å². The number of amides is 2. The topological polar surface area (TPSA) is 76.7 Å². The predicted molar refractivity (Wildman–Crippen MR) is 105 cm³/mol. The van der Waals surface area contributed by atoms with Crippen molar-refractivity contribution in [3.63, 3.8) is 0 Å². The summed E-state index contributed by atoms with van der Waals surface area (Å²) in [4.78, 5) is 24.8. The minimum absolute atomic E-state index is 0.262. The quantitative estimate of drug-likeness (QED) is 0.642. The van der Waals surface area contributed by atoms with Gasteiger partial charge in [-0.25, -0.2) is 0 Å². The van der Waals surface area contributed by atoms with Gasteiger partial charge in [0.1, 0.15) is 5.75 Å². The normalized spacial score (nSPS) is 11.5. The van der Waals surface area contributed by atoms with Crippen molar-refractivity contribution in [2.24, 2.45) is 0 Å². The fourth-order valence-electron chi connectivity index (χ4n) is 2.32. The number of rotatable bonds is 9. The molecule has 144 valence electrons. The molecule has 27 heavy (non-hydrogen) atoms. The average Bonchev–Trinajstić information content (AvgIpc) is 2.67. The highest BCUT2D eigenvalue weighted by Crippen LogP contribution is 2.24. The number of anilines is 1. The van der Waals surface area contributed by atoms with Crippen molar-refractivity contribution in [3.05, 3.63) is 59.1 Å². The van der Waals surface area contributed by atoms with Crippen molar-refractivity contribution in [3.8, 4) is 5.75 Å². The molecule has 0 aliphatic rings. The van der Waals surface area contributed by atoms with E-state index in [0.29, 0.717) is 41.6 Å². The average molecular weight is 391 g/mol. The second-order valence-electron chi connectivity index (χ2n) is 5.83. The minimum atomic E-state index is -0.789.